The van der Waals surface area contributed by atoms with Crippen molar-refractivity contribution in [3.05, 3.63) is 96.4 Å². The van der Waals surface area contributed by atoms with Crippen LogP contribution in [0.15, 0.2) is 69.6 Å². The van der Waals surface area contributed by atoms with Gasteiger partial charge in [-0.3, -0.25) is 19.8 Å². The fourth-order valence-electron chi connectivity index (χ4n) is 5.41. The number of nitrogens with zero attached hydrogens (tertiary/aromatic N) is 2. The monoisotopic (exact) mass is 615 g/mol. The average Bonchev–Trinajstić information content (AvgIpc) is 3.33. The summed E-state index contributed by atoms with van der Waals surface area (Å²) in [6.45, 7) is 0.646. The Kier molecular flexibility index (Phi) is 6.52. The van der Waals surface area contributed by atoms with Gasteiger partial charge >= 0.3 is 0 Å². The summed E-state index contributed by atoms with van der Waals surface area (Å²) in [6, 6.07) is 17.4. The van der Waals surface area contributed by atoms with Crippen LogP contribution >= 0.6 is 31.9 Å². The minimum atomic E-state index is -1.40. The van der Waals surface area contributed by atoms with Gasteiger partial charge in [0.1, 0.15) is 6.61 Å². The standard InChI is InChI=1S/C26H23Br2N3O5/c1-30-13-18(24(31(33)34)26(30)19-5-3-4-6-21(19)29-25(26)32)16-11-20(28)23(22(12-16)35-2)36-14-15-7-9-17(27)10-8-15/h3-12,18,24H,13-14H2,1-2H3,(H,29,32)/t18-,24-,26-/m0/s1. The van der Waals surface area contributed by atoms with Crippen molar-refractivity contribution in [3.63, 3.8) is 0 Å². The molecule has 0 radical (unpaired) electrons. The second-order valence-corrected chi connectivity index (χ2v) is 10.7. The summed E-state index contributed by atoms with van der Waals surface area (Å²) in [4.78, 5) is 27.4. The predicted octanol–water partition coefficient (Wildman–Crippen LogP) is 5.32. The van der Waals surface area contributed by atoms with E-state index in [2.05, 4.69) is 37.2 Å². The van der Waals surface area contributed by atoms with Gasteiger partial charge in [-0.15, -0.1) is 0 Å². The zero-order chi connectivity index (χ0) is 25.6. The fourth-order valence-corrected chi connectivity index (χ4v) is 6.25. The van der Waals surface area contributed by atoms with Crippen LogP contribution in [0, 0.1) is 10.1 Å². The van der Waals surface area contributed by atoms with Gasteiger partial charge in [0.2, 0.25) is 0 Å². The number of para-hydroxylation sites is 1. The Labute approximate surface area is 225 Å². The number of hydrogen-bond acceptors (Lipinski definition) is 6. The molecule has 36 heavy (non-hydrogen) atoms. The molecule has 2 heterocycles. The van der Waals surface area contributed by atoms with Crippen molar-refractivity contribution in [1.29, 1.82) is 0 Å². The third-order valence-electron chi connectivity index (χ3n) is 7.02. The lowest BCUT2D eigenvalue weighted by Crippen LogP contribution is -2.54. The molecular weight excluding hydrogens is 594 g/mol. The maximum absolute atomic E-state index is 13.3. The van der Waals surface area contributed by atoms with Gasteiger partial charge in [-0.25, -0.2) is 0 Å². The molecule has 186 valence electrons. The summed E-state index contributed by atoms with van der Waals surface area (Å²) >= 11 is 7.01. The van der Waals surface area contributed by atoms with E-state index in [1.54, 1.807) is 42.3 Å². The highest BCUT2D eigenvalue weighted by atomic mass is 79.9. The van der Waals surface area contributed by atoms with E-state index in [0.29, 0.717) is 45.9 Å². The Morgan fingerprint density at radius 3 is 2.58 bits per heavy atom. The van der Waals surface area contributed by atoms with Gasteiger partial charge in [-0.2, -0.15) is 0 Å². The summed E-state index contributed by atoms with van der Waals surface area (Å²) in [6.07, 6.45) is 0. The number of carbonyl (C=O) groups excluding carboxylic acids is 1. The number of nitrogens with one attached hydrogen (secondary N) is 1. The molecule has 1 fully saturated rings. The normalized spacial score (nSPS) is 22.9. The lowest BCUT2D eigenvalue weighted by Gasteiger charge is -2.30. The van der Waals surface area contributed by atoms with Crippen LogP contribution < -0.4 is 14.8 Å². The van der Waals surface area contributed by atoms with Crippen molar-refractivity contribution in [3.8, 4) is 11.5 Å². The van der Waals surface area contributed by atoms with Crippen LogP contribution in [0.2, 0.25) is 0 Å². The Morgan fingerprint density at radius 2 is 1.89 bits per heavy atom. The highest BCUT2D eigenvalue weighted by molar-refractivity contribution is 9.10. The number of halogens is 2. The molecule has 1 N–H and O–H groups in total. The Bertz CT molecular complexity index is 1350. The van der Waals surface area contributed by atoms with E-state index in [0.717, 1.165) is 10.0 Å². The Hall–Kier alpha value is -2.95. The van der Waals surface area contributed by atoms with Crippen LogP contribution in [0.5, 0.6) is 11.5 Å². The number of carbonyl (C=O) groups is 1. The minimum absolute atomic E-state index is 0.322. The van der Waals surface area contributed by atoms with E-state index in [1.165, 1.54) is 7.11 Å². The van der Waals surface area contributed by atoms with Crippen molar-refractivity contribution in [2.75, 3.05) is 26.0 Å². The molecule has 1 spiro atoms. The van der Waals surface area contributed by atoms with Crippen molar-refractivity contribution >= 4 is 43.5 Å². The quantitative estimate of drug-likeness (QED) is 0.298. The van der Waals surface area contributed by atoms with Gasteiger partial charge in [-0.05, 0) is 64.4 Å². The molecule has 1 saturated heterocycles. The van der Waals surface area contributed by atoms with Gasteiger partial charge in [0, 0.05) is 27.2 Å². The molecule has 0 unspecified atom stereocenters. The lowest BCUT2D eigenvalue weighted by molar-refractivity contribution is -0.534. The number of amides is 1. The molecule has 10 heteroatoms. The summed E-state index contributed by atoms with van der Waals surface area (Å²) in [7, 11) is 3.30. The molecule has 1 amide bonds. The number of methoxy groups -OCH3 is 1. The second-order valence-electron chi connectivity index (χ2n) is 8.93. The van der Waals surface area contributed by atoms with Crippen LogP contribution in [0.1, 0.15) is 22.6 Å². The van der Waals surface area contributed by atoms with E-state index >= 15 is 0 Å². The van der Waals surface area contributed by atoms with Gasteiger partial charge in [0.25, 0.3) is 11.9 Å². The van der Waals surface area contributed by atoms with Crippen molar-refractivity contribution in [2.24, 2.45) is 0 Å². The zero-order valence-corrected chi connectivity index (χ0v) is 22.7. The summed E-state index contributed by atoms with van der Waals surface area (Å²) in [5, 5.41) is 15.4. The molecule has 0 aromatic heterocycles. The van der Waals surface area contributed by atoms with Crippen LogP contribution in [-0.2, 0) is 16.9 Å². The van der Waals surface area contributed by atoms with Crippen LogP contribution in [0.3, 0.4) is 0 Å². The molecule has 2 aliphatic rings. The fraction of sp³-hybridized carbons (Fsp3) is 0.269. The molecular formula is C26H23Br2N3O5. The van der Waals surface area contributed by atoms with Crippen molar-refractivity contribution < 1.29 is 19.2 Å². The number of hydrogen-bond donors (Lipinski definition) is 1. The van der Waals surface area contributed by atoms with Gasteiger partial charge in [0.05, 0.1) is 17.5 Å². The van der Waals surface area contributed by atoms with Gasteiger partial charge in [0.15, 0.2) is 17.0 Å². The summed E-state index contributed by atoms with van der Waals surface area (Å²) < 4.78 is 13.3. The van der Waals surface area contributed by atoms with Crippen LogP contribution in [0.25, 0.3) is 0 Å². The number of nitro groups is 1. The number of anilines is 1. The first-order valence-corrected chi connectivity index (χ1v) is 12.9. The number of fused-ring (bicyclic) bond motifs is 2. The number of likely N-dealkylation sites (N-methyl/N-ethyl adjacent to an activating group) is 1. The smallest absolute Gasteiger partial charge is 0.256 e. The van der Waals surface area contributed by atoms with E-state index in [1.807, 2.05) is 30.3 Å². The SMILES string of the molecule is COc1cc([C@@H]2CN(C)[C@]3(C(=O)Nc4ccccc43)[C@H]2[N+](=O)[O-])cc(Br)c1OCc1ccc(Br)cc1. The molecule has 3 aromatic carbocycles. The summed E-state index contributed by atoms with van der Waals surface area (Å²) in [5.74, 6) is 0.0221. The number of benzene rings is 3. The molecule has 0 aliphatic carbocycles. The Balaban J connectivity index is 1.52. The van der Waals surface area contributed by atoms with E-state index in [-0.39, 0.29) is 10.8 Å². The van der Waals surface area contributed by atoms with E-state index in [9.17, 15) is 14.9 Å². The first-order chi connectivity index (χ1) is 17.3. The Morgan fingerprint density at radius 1 is 1.17 bits per heavy atom. The number of likely N-dealkylation sites (tertiary alicyclic amines) is 1. The molecule has 3 aromatic rings. The third kappa shape index (κ3) is 3.88. The largest absolute Gasteiger partial charge is 0.493 e. The van der Waals surface area contributed by atoms with Crippen LogP contribution in [0.4, 0.5) is 5.69 Å². The van der Waals surface area contributed by atoms with E-state index < -0.39 is 17.5 Å². The first kappa shape index (κ1) is 24.7. The van der Waals surface area contributed by atoms with Crippen molar-refractivity contribution in [1.82, 2.24) is 4.90 Å². The minimum Gasteiger partial charge on any atom is -0.493 e. The molecule has 0 saturated carbocycles. The summed E-state index contributed by atoms with van der Waals surface area (Å²) in [5.41, 5.74) is 1.51. The zero-order valence-electron chi connectivity index (χ0n) is 19.5. The molecule has 5 rings (SSSR count). The lowest BCUT2D eigenvalue weighted by atomic mass is 9.79. The topological polar surface area (TPSA) is 93.9 Å². The van der Waals surface area contributed by atoms with Gasteiger partial charge in [-0.1, -0.05) is 46.3 Å². The molecule has 3 atom stereocenters. The maximum Gasteiger partial charge on any atom is 0.256 e. The first-order valence-electron chi connectivity index (χ1n) is 11.3. The van der Waals surface area contributed by atoms with Gasteiger partial charge < -0.3 is 14.8 Å². The number of ether oxygens (including phenoxy) is 2. The molecule has 0 bridgehead atoms. The number of rotatable bonds is 6. The predicted molar refractivity (Wildman–Crippen MR) is 142 cm³/mol. The maximum atomic E-state index is 13.3. The van der Waals surface area contributed by atoms with Crippen molar-refractivity contribution in [2.45, 2.75) is 24.1 Å². The average molecular weight is 617 g/mol. The third-order valence-corrected chi connectivity index (χ3v) is 8.14. The van der Waals surface area contributed by atoms with Crippen LogP contribution in [-0.4, -0.2) is 42.5 Å². The molecule has 2 aliphatic heterocycles. The highest BCUT2D eigenvalue weighted by Crippen LogP contribution is 2.53. The second kappa shape index (κ2) is 9.49. The van der Waals surface area contributed by atoms with E-state index in [4.69, 9.17) is 9.47 Å². The molecule has 8 nitrogen and oxygen atoms in total. The highest BCUT2D eigenvalue weighted by Gasteiger charge is 2.68.